The lowest BCUT2D eigenvalue weighted by molar-refractivity contribution is -0.191. The molecule has 2 N–H and O–H groups in total. The predicted molar refractivity (Wildman–Crippen MR) is 36.4 cm³/mol. The van der Waals surface area contributed by atoms with Gasteiger partial charge >= 0.3 is 0 Å². The van der Waals surface area contributed by atoms with Crippen LogP contribution in [-0.2, 0) is 0 Å². The van der Waals surface area contributed by atoms with Crippen molar-refractivity contribution in [3.05, 3.63) is 0 Å². The summed E-state index contributed by atoms with van der Waals surface area (Å²) in [5, 5.41) is 0. The van der Waals surface area contributed by atoms with Gasteiger partial charge in [-0.25, -0.2) is 4.39 Å². The Labute approximate surface area is 60.2 Å². The van der Waals surface area contributed by atoms with Crippen molar-refractivity contribution in [3.63, 3.8) is 0 Å². The van der Waals surface area contributed by atoms with Crippen LogP contribution in [0.25, 0.3) is 0 Å². The van der Waals surface area contributed by atoms with Crippen LogP contribution in [0, 0.1) is 11.3 Å². The van der Waals surface area contributed by atoms with Gasteiger partial charge in [-0.15, -0.1) is 12.4 Å². The Kier molecular flexibility index (Phi) is 1.48. The van der Waals surface area contributed by atoms with Crippen molar-refractivity contribution in [2.45, 2.75) is 19.0 Å². The highest BCUT2D eigenvalue weighted by molar-refractivity contribution is 5.85. The molecule has 1 atom stereocenters. The van der Waals surface area contributed by atoms with E-state index in [1.165, 1.54) is 0 Å². The Balaban J connectivity index is 0.000000405. The maximum atomic E-state index is 12.5. The van der Waals surface area contributed by atoms with E-state index in [1.807, 2.05) is 0 Å². The molecule has 3 heteroatoms. The van der Waals surface area contributed by atoms with E-state index in [0.29, 0.717) is 12.5 Å². The van der Waals surface area contributed by atoms with Crippen LogP contribution < -0.4 is 5.73 Å². The summed E-state index contributed by atoms with van der Waals surface area (Å²) in [6.07, 6.45) is 1.59. The highest BCUT2D eigenvalue weighted by Crippen LogP contribution is 2.65. The zero-order chi connectivity index (χ0) is 5.78. The average molecular weight is 152 g/mol. The molecule has 3 aliphatic carbocycles. The van der Waals surface area contributed by atoms with Crippen molar-refractivity contribution in [2.24, 2.45) is 17.1 Å². The highest BCUT2D eigenvalue weighted by atomic mass is 35.5. The van der Waals surface area contributed by atoms with Gasteiger partial charge in [0.05, 0.1) is 0 Å². The quantitative estimate of drug-likeness (QED) is 0.597. The lowest BCUT2D eigenvalue weighted by Gasteiger charge is -2.64. The average Bonchev–Trinajstić information content (AvgIpc) is 1.64. The second-order valence-electron chi connectivity index (χ2n) is 3.14. The minimum atomic E-state index is -0.535. The normalized spacial score (nSPS) is 52.7. The van der Waals surface area contributed by atoms with E-state index in [-0.39, 0.29) is 17.8 Å². The first kappa shape index (κ1) is 7.29. The summed E-state index contributed by atoms with van der Waals surface area (Å²) in [6, 6.07) is 0. The molecular weight excluding hydrogens is 141 g/mol. The van der Waals surface area contributed by atoms with Crippen molar-refractivity contribution in [3.8, 4) is 0 Å². The Morgan fingerprint density at radius 2 is 2.11 bits per heavy atom. The molecule has 0 heterocycles. The molecule has 0 amide bonds. The van der Waals surface area contributed by atoms with E-state index in [9.17, 15) is 4.39 Å². The van der Waals surface area contributed by atoms with Crippen molar-refractivity contribution < 1.29 is 4.39 Å². The third-order valence-corrected chi connectivity index (χ3v) is 2.74. The fourth-order valence-electron chi connectivity index (χ4n) is 1.87. The van der Waals surface area contributed by atoms with E-state index >= 15 is 0 Å². The lowest BCUT2D eigenvalue weighted by Crippen LogP contribution is -2.66. The molecule has 3 saturated carbocycles. The SMILES string of the molecule is Cl.NCC12CC(C1)C2F. The molecule has 0 aromatic carbocycles. The van der Waals surface area contributed by atoms with E-state index in [0.717, 1.165) is 12.8 Å². The lowest BCUT2D eigenvalue weighted by atomic mass is 9.43. The van der Waals surface area contributed by atoms with Gasteiger partial charge in [0, 0.05) is 12.0 Å². The van der Waals surface area contributed by atoms with Gasteiger partial charge in [0.15, 0.2) is 0 Å². The van der Waals surface area contributed by atoms with E-state index in [1.54, 1.807) is 0 Å². The summed E-state index contributed by atoms with van der Waals surface area (Å²) in [6.45, 7) is 0.560. The van der Waals surface area contributed by atoms with Crippen molar-refractivity contribution in [1.82, 2.24) is 0 Å². The number of alkyl halides is 1. The number of halogens is 2. The molecule has 0 saturated heterocycles. The molecule has 2 bridgehead atoms. The topological polar surface area (TPSA) is 26.0 Å². The Morgan fingerprint density at radius 1 is 1.56 bits per heavy atom. The van der Waals surface area contributed by atoms with E-state index in [2.05, 4.69) is 0 Å². The van der Waals surface area contributed by atoms with Gasteiger partial charge in [-0.05, 0) is 18.8 Å². The van der Waals surface area contributed by atoms with Gasteiger partial charge in [0.25, 0.3) is 0 Å². The van der Waals surface area contributed by atoms with Gasteiger partial charge in [-0.1, -0.05) is 0 Å². The second-order valence-corrected chi connectivity index (χ2v) is 3.14. The number of nitrogens with two attached hydrogens (primary N) is 1. The Morgan fingerprint density at radius 3 is 2.11 bits per heavy atom. The van der Waals surface area contributed by atoms with Crippen LogP contribution in [0.3, 0.4) is 0 Å². The maximum Gasteiger partial charge on any atom is 0.110 e. The molecule has 1 nitrogen and oxygen atoms in total. The Hall–Kier alpha value is 0.180. The standard InChI is InChI=1S/C6H10FN.ClH/c7-5-4-1-6(5,2-4)3-8;/h4-5H,1-3,8H2;1H. The molecular formula is C6H11ClFN. The van der Waals surface area contributed by atoms with Gasteiger partial charge in [0.1, 0.15) is 6.17 Å². The molecule has 0 aliphatic heterocycles. The largest absolute Gasteiger partial charge is 0.330 e. The third kappa shape index (κ3) is 0.581. The van der Waals surface area contributed by atoms with Crippen molar-refractivity contribution in [2.75, 3.05) is 6.54 Å². The molecule has 0 radical (unpaired) electrons. The Bertz CT molecular complexity index is 117. The first-order valence-electron chi connectivity index (χ1n) is 3.13. The highest BCUT2D eigenvalue weighted by Gasteiger charge is 2.65. The summed E-state index contributed by atoms with van der Waals surface area (Å²) < 4.78 is 12.5. The van der Waals surface area contributed by atoms with Crippen LogP contribution in [-0.4, -0.2) is 12.7 Å². The molecule has 0 aromatic rings. The zero-order valence-electron chi connectivity index (χ0n) is 5.14. The summed E-state index contributed by atoms with van der Waals surface area (Å²) in [4.78, 5) is 0. The predicted octanol–water partition coefficient (Wildman–Crippen LogP) is 1.12. The summed E-state index contributed by atoms with van der Waals surface area (Å²) >= 11 is 0. The van der Waals surface area contributed by atoms with E-state index < -0.39 is 6.17 Å². The second kappa shape index (κ2) is 1.83. The van der Waals surface area contributed by atoms with Crippen LogP contribution >= 0.6 is 12.4 Å². The summed E-state index contributed by atoms with van der Waals surface area (Å²) in [7, 11) is 0. The van der Waals surface area contributed by atoms with Gasteiger partial charge in [-0.2, -0.15) is 0 Å². The molecule has 3 aliphatic rings. The van der Waals surface area contributed by atoms with Crippen LogP contribution in [0.2, 0.25) is 0 Å². The van der Waals surface area contributed by atoms with E-state index in [4.69, 9.17) is 5.73 Å². The van der Waals surface area contributed by atoms with Gasteiger partial charge in [-0.3, -0.25) is 0 Å². The fourth-order valence-corrected chi connectivity index (χ4v) is 1.87. The molecule has 3 rings (SSSR count). The molecule has 0 spiro atoms. The monoisotopic (exact) mass is 151 g/mol. The number of hydrogen-bond donors (Lipinski definition) is 1. The van der Waals surface area contributed by atoms with Gasteiger partial charge < -0.3 is 5.73 Å². The minimum Gasteiger partial charge on any atom is -0.330 e. The number of rotatable bonds is 1. The first-order valence-corrected chi connectivity index (χ1v) is 3.13. The van der Waals surface area contributed by atoms with Crippen molar-refractivity contribution >= 4 is 12.4 Å². The third-order valence-electron chi connectivity index (χ3n) is 2.74. The molecule has 0 aromatic heterocycles. The smallest absolute Gasteiger partial charge is 0.110 e. The summed E-state index contributed by atoms with van der Waals surface area (Å²) in [5.41, 5.74) is 5.33. The first-order chi connectivity index (χ1) is 3.78. The zero-order valence-corrected chi connectivity index (χ0v) is 5.96. The molecule has 54 valence electrons. The van der Waals surface area contributed by atoms with Crippen LogP contribution in [0.4, 0.5) is 4.39 Å². The molecule has 3 fully saturated rings. The minimum absolute atomic E-state index is 0. The summed E-state index contributed by atoms with van der Waals surface area (Å²) in [5.74, 6) is 0.401. The molecule has 9 heavy (non-hydrogen) atoms. The van der Waals surface area contributed by atoms with Crippen LogP contribution in [0.1, 0.15) is 12.8 Å². The molecule has 1 unspecified atom stereocenters. The fraction of sp³-hybridized carbons (Fsp3) is 1.00. The van der Waals surface area contributed by atoms with Crippen LogP contribution in [0.15, 0.2) is 0 Å². The van der Waals surface area contributed by atoms with Crippen molar-refractivity contribution in [1.29, 1.82) is 0 Å². The number of hydrogen-bond acceptors (Lipinski definition) is 1. The maximum absolute atomic E-state index is 12.5. The van der Waals surface area contributed by atoms with Crippen LogP contribution in [0.5, 0.6) is 0 Å². The van der Waals surface area contributed by atoms with Gasteiger partial charge in [0.2, 0.25) is 0 Å².